The van der Waals surface area contributed by atoms with Crippen LogP contribution < -0.4 is 0 Å². The number of nitrogens with zero attached hydrogens (tertiary/aromatic N) is 4. The van der Waals surface area contributed by atoms with Gasteiger partial charge in [0.25, 0.3) is 0 Å². The number of aromatic nitrogens is 3. The van der Waals surface area contributed by atoms with Crippen molar-refractivity contribution >= 4 is 17.0 Å². The first-order valence-electron chi connectivity index (χ1n) is 7.33. The lowest BCUT2D eigenvalue weighted by molar-refractivity contribution is 0.130. The molecule has 6 heteroatoms. The highest BCUT2D eigenvalue weighted by Gasteiger charge is 2.08. The Bertz CT molecular complexity index is 804. The van der Waals surface area contributed by atoms with Crippen molar-refractivity contribution in [3.8, 4) is 5.69 Å². The first-order valence-corrected chi connectivity index (χ1v) is 8.15. The highest BCUT2D eigenvalue weighted by molar-refractivity contribution is 7.13. The molecule has 0 unspecified atom stereocenters. The fourth-order valence-electron chi connectivity index (χ4n) is 2.28. The molecule has 0 saturated heterocycles. The average molecular weight is 326 g/mol. The summed E-state index contributed by atoms with van der Waals surface area (Å²) in [6.07, 6.45) is 3.68. The summed E-state index contributed by atoms with van der Waals surface area (Å²) in [6, 6.07) is 9.96. The summed E-state index contributed by atoms with van der Waals surface area (Å²) in [5, 5.41) is 9.45. The summed E-state index contributed by atoms with van der Waals surface area (Å²) in [7, 11) is 0. The zero-order valence-electron chi connectivity index (χ0n) is 13.4. The van der Waals surface area contributed by atoms with Crippen LogP contribution in [0.25, 0.3) is 5.69 Å². The maximum Gasteiger partial charge on any atom is 0.142 e. The Labute approximate surface area is 139 Å². The van der Waals surface area contributed by atoms with Gasteiger partial charge >= 0.3 is 0 Å². The van der Waals surface area contributed by atoms with Crippen LogP contribution in [0.5, 0.6) is 0 Å². The minimum absolute atomic E-state index is 0.438. The molecule has 0 aliphatic rings. The number of aryl methyl sites for hydroxylation is 2. The summed E-state index contributed by atoms with van der Waals surface area (Å²) in [5.74, 6) is 0. The van der Waals surface area contributed by atoms with Gasteiger partial charge in [0.05, 0.1) is 27.0 Å². The molecule has 0 N–H and O–H groups in total. The normalized spacial score (nSPS) is 11.7. The van der Waals surface area contributed by atoms with E-state index < -0.39 is 0 Å². The molecule has 2 aromatic heterocycles. The monoisotopic (exact) mass is 326 g/mol. The van der Waals surface area contributed by atoms with E-state index in [4.69, 9.17) is 4.84 Å². The van der Waals surface area contributed by atoms with E-state index >= 15 is 0 Å². The second-order valence-corrected chi connectivity index (χ2v) is 6.42. The van der Waals surface area contributed by atoms with Crippen LogP contribution in [0, 0.1) is 13.8 Å². The lowest BCUT2D eigenvalue weighted by Gasteiger charge is -2.04. The molecule has 1 aromatic carbocycles. The molecular weight excluding hydrogens is 308 g/mol. The van der Waals surface area contributed by atoms with Crippen molar-refractivity contribution in [3.63, 3.8) is 0 Å². The third-order valence-corrected chi connectivity index (χ3v) is 4.55. The van der Waals surface area contributed by atoms with Gasteiger partial charge in [-0.15, -0.1) is 11.3 Å². The van der Waals surface area contributed by atoms with Gasteiger partial charge in [-0.2, -0.15) is 5.10 Å². The predicted octanol–water partition coefficient (Wildman–Crippen LogP) is 3.89. The fraction of sp³-hybridized carbons (Fsp3) is 0.235. The SMILES string of the molecule is C/C(=N\OCc1ccc(-n2cccn2)cc1)c1sc(C)nc1C. The highest BCUT2D eigenvalue weighted by Crippen LogP contribution is 2.18. The van der Waals surface area contributed by atoms with Gasteiger partial charge in [-0.25, -0.2) is 9.67 Å². The highest BCUT2D eigenvalue weighted by atomic mass is 32.1. The number of oxime groups is 1. The first kappa shape index (κ1) is 15.4. The van der Waals surface area contributed by atoms with E-state index in [0.29, 0.717) is 6.61 Å². The molecule has 3 rings (SSSR count). The van der Waals surface area contributed by atoms with Gasteiger partial charge in [0.15, 0.2) is 0 Å². The van der Waals surface area contributed by atoms with Gasteiger partial charge in [-0.05, 0) is 44.5 Å². The number of thiazole rings is 1. The van der Waals surface area contributed by atoms with Gasteiger partial charge in [-0.1, -0.05) is 17.3 Å². The molecule has 0 spiro atoms. The van der Waals surface area contributed by atoms with Crippen LogP contribution in [0.1, 0.15) is 28.1 Å². The fourth-order valence-corrected chi connectivity index (χ4v) is 3.13. The van der Waals surface area contributed by atoms with E-state index in [0.717, 1.165) is 32.5 Å². The molecule has 5 nitrogen and oxygen atoms in total. The molecule has 0 fully saturated rings. The average Bonchev–Trinajstić information content (AvgIpc) is 3.17. The zero-order valence-corrected chi connectivity index (χ0v) is 14.2. The summed E-state index contributed by atoms with van der Waals surface area (Å²) in [4.78, 5) is 11.0. The molecule has 3 aromatic rings. The van der Waals surface area contributed by atoms with Gasteiger partial charge in [0.2, 0.25) is 0 Å². The van der Waals surface area contributed by atoms with Crippen molar-refractivity contribution in [2.45, 2.75) is 27.4 Å². The summed E-state index contributed by atoms with van der Waals surface area (Å²) >= 11 is 1.64. The van der Waals surface area contributed by atoms with E-state index in [9.17, 15) is 0 Å². The minimum Gasteiger partial charge on any atom is -0.391 e. The second-order valence-electron chi connectivity index (χ2n) is 5.21. The number of hydrogen-bond acceptors (Lipinski definition) is 5. The third-order valence-electron chi connectivity index (χ3n) is 3.37. The minimum atomic E-state index is 0.438. The van der Waals surface area contributed by atoms with Crippen LogP contribution in [-0.2, 0) is 11.4 Å². The maximum atomic E-state index is 5.48. The van der Waals surface area contributed by atoms with Crippen LogP contribution in [0.4, 0.5) is 0 Å². The summed E-state index contributed by atoms with van der Waals surface area (Å²) in [5.41, 5.74) is 3.95. The lowest BCUT2D eigenvalue weighted by atomic mass is 10.2. The second kappa shape index (κ2) is 6.75. The van der Waals surface area contributed by atoms with Crippen LogP contribution in [-0.4, -0.2) is 20.5 Å². The van der Waals surface area contributed by atoms with Gasteiger partial charge < -0.3 is 4.84 Å². The molecule has 0 radical (unpaired) electrons. The van der Waals surface area contributed by atoms with E-state index in [1.807, 2.05) is 62.0 Å². The van der Waals surface area contributed by atoms with Crippen LogP contribution in [0.15, 0.2) is 47.9 Å². The topological polar surface area (TPSA) is 52.3 Å². The molecule has 0 amide bonds. The van der Waals surface area contributed by atoms with Crippen molar-refractivity contribution in [3.05, 3.63) is 63.9 Å². The van der Waals surface area contributed by atoms with Crippen LogP contribution in [0.3, 0.4) is 0 Å². The molecule has 0 aliphatic carbocycles. The standard InChI is InChI=1S/C17H18N4OS/c1-12-17(23-14(3)19-12)13(2)20-22-11-15-5-7-16(8-6-15)21-10-4-9-18-21/h4-10H,11H2,1-3H3/b20-13+. The van der Waals surface area contributed by atoms with E-state index in [2.05, 4.69) is 15.2 Å². The lowest BCUT2D eigenvalue weighted by Crippen LogP contribution is -1.97. The van der Waals surface area contributed by atoms with Gasteiger partial charge in [-0.3, -0.25) is 0 Å². The Morgan fingerprint density at radius 1 is 1.26 bits per heavy atom. The number of hydrogen-bond donors (Lipinski definition) is 0. The van der Waals surface area contributed by atoms with Crippen LogP contribution in [0.2, 0.25) is 0 Å². The van der Waals surface area contributed by atoms with Crippen molar-refractivity contribution < 1.29 is 4.84 Å². The largest absolute Gasteiger partial charge is 0.391 e. The Kier molecular flexibility index (Phi) is 4.52. The maximum absolute atomic E-state index is 5.48. The Morgan fingerprint density at radius 2 is 2.04 bits per heavy atom. The first-order chi connectivity index (χ1) is 11.1. The smallest absolute Gasteiger partial charge is 0.142 e. The van der Waals surface area contributed by atoms with Crippen LogP contribution >= 0.6 is 11.3 Å². The number of benzene rings is 1. The summed E-state index contributed by atoms with van der Waals surface area (Å²) in [6.45, 7) is 6.37. The molecule has 0 bridgehead atoms. The van der Waals surface area contributed by atoms with Crippen molar-refractivity contribution in [2.24, 2.45) is 5.16 Å². The van der Waals surface area contributed by atoms with E-state index in [1.54, 1.807) is 17.5 Å². The molecule has 0 atom stereocenters. The summed E-state index contributed by atoms with van der Waals surface area (Å²) < 4.78 is 1.82. The molecule has 23 heavy (non-hydrogen) atoms. The third kappa shape index (κ3) is 3.65. The van der Waals surface area contributed by atoms with Crippen molar-refractivity contribution in [2.75, 3.05) is 0 Å². The van der Waals surface area contributed by atoms with Gasteiger partial charge in [0.1, 0.15) is 6.61 Å². The molecular formula is C17H18N4OS. The Balaban J connectivity index is 1.62. The quantitative estimate of drug-likeness (QED) is 0.528. The molecule has 2 heterocycles. The Morgan fingerprint density at radius 3 is 2.65 bits per heavy atom. The Hall–Kier alpha value is -2.47. The van der Waals surface area contributed by atoms with E-state index in [-0.39, 0.29) is 0 Å². The molecule has 0 aliphatic heterocycles. The molecule has 118 valence electrons. The van der Waals surface area contributed by atoms with Crippen molar-refractivity contribution in [1.29, 1.82) is 0 Å². The zero-order chi connectivity index (χ0) is 16.2. The molecule has 0 saturated carbocycles. The number of rotatable bonds is 5. The van der Waals surface area contributed by atoms with E-state index in [1.165, 1.54) is 0 Å². The van der Waals surface area contributed by atoms with Crippen molar-refractivity contribution in [1.82, 2.24) is 14.8 Å². The van der Waals surface area contributed by atoms with Gasteiger partial charge in [0, 0.05) is 12.4 Å². The predicted molar refractivity (Wildman–Crippen MR) is 92.2 cm³/mol.